The number of benzene rings is 3. The molecule has 11 heteroatoms. The Kier molecular flexibility index (Phi) is 10.7. The van der Waals surface area contributed by atoms with Crippen LogP contribution in [0.1, 0.15) is 89.9 Å². The highest BCUT2D eigenvalue weighted by molar-refractivity contribution is 6.21. The van der Waals surface area contributed by atoms with Crippen molar-refractivity contribution in [2.45, 2.75) is 71.1 Å². The minimum atomic E-state index is -0.735. The molecule has 2 aliphatic heterocycles. The topological polar surface area (TPSA) is 132 Å². The summed E-state index contributed by atoms with van der Waals surface area (Å²) in [7, 11) is 0. The Balaban J connectivity index is 1.27. The Bertz CT molecular complexity index is 1750. The molecule has 0 aromatic heterocycles. The Hall–Kier alpha value is -5.19. The summed E-state index contributed by atoms with van der Waals surface area (Å²) in [6.07, 6.45) is 2.63. The molecular weight excluding hydrogens is 650 g/mol. The van der Waals surface area contributed by atoms with Gasteiger partial charge in [-0.1, -0.05) is 67.4 Å². The first-order valence-electron chi connectivity index (χ1n) is 17.7. The van der Waals surface area contributed by atoms with Crippen molar-refractivity contribution in [3.63, 3.8) is 0 Å². The van der Waals surface area contributed by atoms with Crippen LogP contribution in [0.25, 0.3) is 0 Å². The van der Waals surface area contributed by atoms with Crippen LogP contribution in [0.4, 0.5) is 4.79 Å². The molecule has 6 rings (SSSR count). The fraction of sp³-hybridized carbons (Fsp3) is 0.425. The highest BCUT2D eigenvalue weighted by atomic mass is 16.6. The van der Waals surface area contributed by atoms with Crippen LogP contribution in [-0.2, 0) is 32.1 Å². The standard InChI is InChI=1S/C40H45N3O8/c1-40(2,3)51-39(48)41-21-23-49-33-19-11-14-27-20-22-42(32(34(27)33)24-43-36(45)28-15-7-8-16-29(28)37(43)46)35(44)30-17-9-10-18-31(30)38(47)50-25-26-12-5-4-6-13-26/h4-8,11-16,19,30-32H,9-10,17-18,20-25H2,1-3H3,(H,41,48)/t30-,31+,32-/m1/s1. The molecule has 3 aromatic rings. The molecule has 0 spiro atoms. The van der Waals surface area contributed by atoms with Crippen molar-refractivity contribution in [3.8, 4) is 5.75 Å². The van der Waals surface area contributed by atoms with Crippen molar-refractivity contribution in [2.75, 3.05) is 26.2 Å². The number of hydrogen-bond donors (Lipinski definition) is 1. The molecule has 4 amide bonds. The van der Waals surface area contributed by atoms with Crippen LogP contribution in [0.2, 0.25) is 0 Å². The predicted octanol–water partition coefficient (Wildman–Crippen LogP) is 5.86. The first-order valence-corrected chi connectivity index (χ1v) is 17.7. The number of amides is 4. The summed E-state index contributed by atoms with van der Waals surface area (Å²) in [6.45, 7) is 6.00. The third-order valence-corrected chi connectivity index (χ3v) is 9.64. The molecule has 2 heterocycles. The van der Waals surface area contributed by atoms with Gasteiger partial charge < -0.3 is 24.4 Å². The number of fused-ring (bicyclic) bond motifs is 2. The molecule has 268 valence electrons. The summed E-state index contributed by atoms with van der Waals surface area (Å²) >= 11 is 0. The third-order valence-electron chi connectivity index (χ3n) is 9.64. The van der Waals surface area contributed by atoms with Gasteiger partial charge in [0.05, 0.1) is 42.1 Å². The Morgan fingerprint density at radius 1 is 0.843 bits per heavy atom. The third kappa shape index (κ3) is 8.08. The van der Waals surface area contributed by atoms with Gasteiger partial charge in [-0.25, -0.2) is 4.79 Å². The number of esters is 1. The van der Waals surface area contributed by atoms with E-state index in [4.69, 9.17) is 14.2 Å². The van der Waals surface area contributed by atoms with Crippen LogP contribution in [-0.4, -0.2) is 71.4 Å². The average Bonchev–Trinajstić information content (AvgIpc) is 3.36. The maximum atomic E-state index is 14.7. The van der Waals surface area contributed by atoms with Crippen molar-refractivity contribution >= 4 is 29.8 Å². The first-order chi connectivity index (χ1) is 24.5. The van der Waals surface area contributed by atoms with E-state index < -0.39 is 47.4 Å². The number of nitrogens with one attached hydrogen (secondary N) is 1. The second kappa shape index (κ2) is 15.4. The summed E-state index contributed by atoms with van der Waals surface area (Å²) in [5.74, 6) is -2.18. The Labute approximate surface area is 298 Å². The SMILES string of the molecule is CC(C)(C)OC(=O)NCCOc1cccc2c1[C@@H](CN1C(=O)c3ccccc3C1=O)N(C(=O)[C@@H]1CCCC[C@@H]1C(=O)OCc1ccccc1)CC2. The lowest BCUT2D eigenvalue weighted by Crippen LogP contribution is -2.50. The lowest BCUT2D eigenvalue weighted by molar-refractivity contribution is -0.159. The van der Waals surface area contributed by atoms with Gasteiger partial charge in [0.15, 0.2) is 0 Å². The van der Waals surface area contributed by atoms with E-state index in [0.29, 0.717) is 48.2 Å². The summed E-state index contributed by atoms with van der Waals surface area (Å²) in [5, 5.41) is 2.70. The number of carbonyl (C=O) groups excluding carboxylic acids is 5. The van der Waals surface area contributed by atoms with Crippen LogP contribution < -0.4 is 10.1 Å². The van der Waals surface area contributed by atoms with E-state index >= 15 is 0 Å². The monoisotopic (exact) mass is 695 g/mol. The number of carbonyl (C=O) groups is 5. The quantitative estimate of drug-likeness (QED) is 0.159. The van der Waals surface area contributed by atoms with Crippen molar-refractivity contribution in [1.29, 1.82) is 0 Å². The number of imide groups is 1. The molecule has 3 aromatic carbocycles. The van der Waals surface area contributed by atoms with E-state index in [9.17, 15) is 24.0 Å². The highest BCUT2D eigenvalue weighted by Gasteiger charge is 2.45. The van der Waals surface area contributed by atoms with Gasteiger partial charge in [-0.2, -0.15) is 0 Å². The molecule has 1 saturated carbocycles. The second-order valence-corrected chi connectivity index (χ2v) is 14.3. The number of rotatable bonds is 10. The van der Waals surface area contributed by atoms with E-state index in [1.165, 1.54) is 4.90 Å². The van der Waals surface area contributed by atoms with Gasteiger partial charge in [0, 0.05) is 12.1 Å². The summed E-state index contributed by atoms with van der Waals surface area (Å²) in [4.78, 5) is 70.6. The van der Waals surface area contributed by atoms with Crippen LogP contribution in [0.3, 0.4) is 0 Å². The fourth-order valence-electron chi connectivity index (χ4n) is 7.28. The summed E-state index contributed by atoms with van der Waals surface area (Å²) < 4.78 is 17.3. The average molecular weight is 696 g/mol. The number of alkyl carbamates (subject to hydrolysis) is 1. The zero-order valence-corrected chi connectivity index (χ0v) is 29.4. The predicted molar refractivity (Wildman–Crippen MR) is 188 cm³/mol. The maximum absolute atomic E-state index is 14.7. The fourth-order valence-corrected chi connectivity index (χ4v) is 7.28. The van der Waals surface area contributed by atoms with E-state index in [2.05, 4.69) is 5.32 Å². The highest BCUT2D eigenvalue weighted by Crippen LogP contribution is 2.41. The summed E-state index contributed by atoms with van der Waals surface area (Å²) in [5.41, 5.74) is 2.50. The van der Waals surface area contributed by atoms with Crippen molar-refractivity contribution < 1.29 is 38.2 Å². The van der Waals surface area contributed by atoms with Gasteiger partial charge in [0.25, 0.3) is 11.8 Å². The minimum Gasteiger partial charge on any atom is -0.491 e. The van der Waals surface area contributed by atoms with Gasteiger partial charge in [-0.3, -0.25) is 24.1 Å². The summed E-state index contributed by atoms with van der Waals surface area (Å²) in [6, 6.07) is 21.0. The molecule has 0 saturated heterocycles. The first kappa shape index (κ1) is 35.6. The van der Waals surface area contributed by atoms with E-state index in [1.807, 2.05) is 42.5 Å². The zero-order valence-electron chi connectivity index (χ0n) is 29.4. The largest absolute Gasteiger partial charge is 0.491 e. The van der Waals surface area contributed by atoms with Crippen LogP contribution in [0, 0.1) is 11.8 Å². The van der Waals surface area contributed by atoms with E-state index in [1.54, 1.807) is 56.0 Å². The number of hydrogen-bond acceptors (Lipinski definition) is 8. The van der Waals surface area contributed by atoms with E-state index in [0.717, 1.165) is 24.0 Å². The molecular formula is C40H45N3O8. The van der Waals surface area contributed by atoms with Gasteiger partial charge in [-0.05, 0) is 69.4 Å². The number of ether oxygens (including phenoxy) is 3. The van der Waals surface area contributed by atoms with Crippen LogP contribution in [0.5, 0.6) is 5.75 Å². The lowest BCUT2D eigenvalue weighted by atomic mass is 9.77. The van der Waals surface area contributed by atoms with Crippen molar-refractivity contribution in [1.82, 2.24) is 15.1 Å². The molecule has 0 bridgehead atoms. The van der Waals surface area contributed by atoms with Crippen molar-refractivity contribution in [3.05, 3.63) is 101 Å². The smallest absolute Gasteiger partial charge is 0.407 e. The molecule has 3 atom stereocenters. The van der Waals surface area contributed by atoms with Crippen LogP contribution >= 0.6 is 0 Å². The molecule has 0 radical (unpaired) electrons. The Morgan fingerprint density at radius 2 is 1.51 bits per heavy atom. The van der Waals surface area contributed by atoms with E-state index in [-0.39, 0.29) is 32.2 Å². The normalized spacial score (nSPS) is 19.9. The number of nitrogens with zero attached hydrogens (tertiary/aromatic N) is 2. The maximum Gasteiger partial charge on any atom is 0.407 e. The molecule has 1 N–H and O–H groups in total. The molecule has 0 unspecified atom stereocenters. The Morgan fingerprint density at radius 3 is 2.20 bits per heavy atom. The molecule has 51 heavy (non-hydrogen) atoms. The van der Waals surface area contributed by atoms with Gasteiger partial charge in [-0.15, -0.1) is 0 Å². The van der Waals surface area contributed by atoms with Crippen molar-refractivity contribution in [2.24, 2.45) is 11.8 Å². The zero-order chi connectivity index (χ0) is 36.1. The molecule has 1 aliphatic carbocycles. The van der Waals surface area contributed by atoms with Gasteiger partial charge in [0.2, 0.25) is 5.91 Å². The second-order valence-electron chi connectivity index (χ2n) is 14.3. The van der Waals surface area contributed by atoms with Gasteiger partial charge in [0.1, 0.15) is 24.6 Å². The van der Waals surface area contributed by atoms with Crippen LogP contribution in [0.15, 0.2) is 72.8 Å². The molecule has 3 aliphatic rings. The molecule has 11 nitrogen and oxygen atoms in total. The minimum absolute atomic E-state index is 0.0859. The molecule has 1 fully saturated rings. The van der Waals surface area contributed by atoms with Gasteiger partial charge >= 0.3 is 12.1 Å². The lowest BCUT2D eigenvalue weighted by Gasteiger charge is -2.42.